The Morgan fingerprint density at radius 2 is 2.11 bits per heavy atom. The number of carbonyl (C=O) groups is 2. The third kappa shape index (κ3) is 5.89. The van der Waals surface area contributed by atoms with Crippen LogP contribution in [0.25, 0.3) is 10.2 Å². The van der Waals surface area contributed by atoms with E-state index in [1.165, 1.54) is 33.9 Å². The Balaban J connectivity index is 1.63. The van der Waals surface area contributed by atoms with Gasteiger partial charge in [-0.1, -0.05) is 17.4 Å². The average molecular weight is 537 g/mol. The maximum atomic E-state index is 13.2. The van der Waals surface area contributed by atoms with Crippen molar-refractivity contribution < 1.29 is 22.7 Å². The lowest BCUT2D eigenvalue weighted by atomic mass is 9.99. The highest BCUT2D eigenvalue weighted by molar-refractivity contribution is 7.91. The lowest BCUT2D eigenvalue weighted by Gasteiger charge is -2.29. The number of thiazole rings is 1. The summed E-state index contributed by atoms with van der Waals surface area (Å²) in [6.45, 7) is 5.45. The molecule has 0 aliphatic carbocycles. The van der Waals surface area contributed by atoms with Gasteiger partial charge in [0.25, 0.3) is 15.9 Å². The average Bonchev–Trinajstić information content (AvgIpc) is 3.48. The number of hydrogen-bond donors (Lipinski definition) is 1. The number of nitrogens with one attached hydrogen (secondary N) is 1. The fourth-order valence-electron chi connectivity index (χ4n) is 4.04. The molecule has 1 aliphatic rings. The molecule has 0 radical (unpaired) electrons. The maximum absolute atomic E-state index is 13.2. The fraction of sp³-hybridized carbons (Fsp3) is 0.435. The molecule has 1 N–H and O–H groups in total. The van der Waals surface area contributed by atoms with E-state index in [1.807, 2.05) is 29.7 Å². The van der Waals surface area contributed by atoms with Crippen LogP contribution in [0.4, 0.5) is 5.69 Å². The molecule has 9 nitrogen and oxygen atoms in total. The maximum Gasteiger partial charge on any atom is 0.252 e. The Hall–Kier alpha value is -2.38. The van der Waals surface area contributed by atoms with Crippen LogP contribution in [-0.2, 0) is 30.9 Å². The highest BCUT2D eigenvalue weighted by Gasteiger charge is 2.33. The first-order valence-electron chi connectivity index (χ1n) is 11.4. The normalized spacial score (nSPS) is 17.7. The molecule has 1 atom stereocenters. The number of ether oxygens (including phenoxy) is 1. The molecule has 0 spiro atoms. The number of sulfonamides is 1. The van der Waals surface area contributed by atoms with E-state index in [9.17, 15) is 18.0 Å². The van der Waals surface area contributed by atoms with Gasteiger partial charge in [0.1, 0.15) is 4.21 Å². The summed E-state index contributed by atoms with van der Waals surface area (Å²) in [6.07, 6.45) is 1.20. The molecule has 12 heteroatoms. The smallest absolute Gasteiger partial charge is 0.252 e. The minimum atomic E-state index is -3.61. The molecule has 188 valence electrons. The minimum absolute atomic E-state index is 0.124. The van der Waals surface area contributed by atoms with Crippen LogP contribution in [0.15, 0.2) is 44.9 Å². The number of aromatic nitrogens is 1. The van der Waals surface area contributed by atoms with E-state index < -0.39 is 15.9 Å². The molecule has 1 fully saturated rings. The van der Waals surface area contributed by atoms with Gasteiger partial charge < -0.3 is 14.6 Å². The summed E-state index contributed by atoms with van der Waals surface area (Å²) in [5.74, 6) is -0.988. The SMILES string of the molecule is CCOCCn1c(=NC(=O)C2CCCN(S(=O)(=O)c3cccs3)C2)sc2cc(NC(C)=O)ccc21. The first-order valence-corrected chi connectivity index (χ1v) is 14.5. The Morgan fingerprint density at radius 1 is 1.29 bits per heavy atom. The van der Waals surface area contributed by atoms with Crippen LogP contribution >= 0.6 is 22.7 Å². The van der Waals surface area contributed by atoms with Crippen molar-refractivity contribution in [2.75, 3.05) is 31.6 Å². The number of nitrogens with zero attached hydrogens (tertiary/aromatic N) is 3. The van der Waals surface area contributed by atoms with Gasteiger partial charge >= 0.3 is 0 Å². The summed E-state index contributed by atoms with van der Waals surface area (Å²) < 4.78 is 35.9. The lowest BCUT2D eigenvalue weighted by molar-refractivity contribution is -0.123. The second kappa shape index (κ2) is 11.1. The highest BCUT2D eigenvalue weighted by Crippen LogP contribution is 2.27. The summed E-state index contributed by atoms with van der Waals surface area (Å²) in [5.41, 5.74) is 1.56. The van der Waals surface area contributed by atoms with Crippen LogP contribution in [0.1, 0.15) is 26.7 Å². The topological polar surface area (TPSA) is 110 Å². The fourth-order valence-corrected chi connectivity index (χ4v) is 7.81. The summed E-state index contributed by atoms with van der Waals surface area (Å²) >= 11 is 2.53. The van der Waals surface area contributed by atoms with Crippen LogP contribution < -0.4 is 10.1 Å². The van der Waals surface area contributed by atoms with Gasteiger partial charge in [-0.3, -0.25) is 9.59 Å². The van der Waals surface area contributed by atoms with Gasteiger partial charge in [-0.2, -0.15) is 9.30 Å². The Labute approximate surface area is 212 Å². The van der Waals surface area contributed by atoms with Crippen molar-refractivity contribution in [1.82, 2.24) is 8.87 Å². The number of carbonyl (C=O) groups excluding carboxylic acids is 2. The Morgan fingerprint density at radius 3 is 2.83 bits per heavy atom. The molecule has 2 amide bonds. The van der Waals surface area contributed by atoms with E-state index >= 15 is 0 Å². The third-order valence-corrected chi connectivity index (χ3v) is 9.97. The molecule has 1 unspecified atom stereocenters. The molecule has 4 rings (SSSR count). The quantitative estimate of drug-likeness (QED) is 0.444. The number of fused-ring (bicyclic) bond motifs is 1. The van der Waals surface area contributed by atoms with Crippen molar-refractivity contribution in [3.05, 3.63) is 40.5 Å². The number of hydrogen-bond acceptors (Lipinski definition) is 7. The molecule has 1 aromatic carbocycles. The van der Waals surface area contributed by atoms with Crippen LogP contribution in [0.5, 0.6) is 0 Å². The van der Waals surface area contributed by atoms with Crippen molar-refractivity contribution in [1.29, 1.82) is 0 Å². The number of amides is 2. The van der Waals surface area contributed by atoms with Crippen molar-refractivity contribution in [3.63, 3.8) is 0 Å². The number of anilines is 1. The van der Waals surface area contributed by atoms with Gasteiger partial charge in [0, 0.05) is 38.9 Å². The number of benzene rings is 1. The van der Waals surface area contributed by atoms with E-state index in [0.29, 0.717) is 49.6 Å². The zero-order valence-electron chi connectivity index (χ0n) is 19.6. The predicted molar refractivity (Wildman–Crippen MR) is 137 cm³/mol. The largest absolute Gasteiger partial charge is 0.380 e. The second-order valence-corrected chi connectivity index (χ2v) is 12.3. The van der Waals surface area contributed by atoms with E-state index in [1.54, 1.807) is 17.5 Å². The van der Waals surface area contributed by atoms with Gasteiger partial charge in [0.2, 0.25) is 5.91 Å². The number of piperidine rings is 1. The standard InChI is InChI=1S/C23H28N4O5S3/c1-3-32-12-11-27-19-9-8-18(24-16(2)28)14-20(19)34-23(27)25-22(29)17-6-4-10-26(15-17)35(30,31)21-7-5-13-33-21/h5,7-9,13-14,17H,3-4,6,10-12,15H2,1-2H3,(H,24,28). The summed E-state index contributed by atoms with van der Waals surface area (Å²) in [7, 11) is -3.61. The zero-order valence-corrected chi connectivity index (χ0v) is 22.0. The molecule has 35 heavy (non-hydrogen) atoms. The van der Waals surface area contributed by atoms with E-state index in [0.717, 1.165) is 10.2 Å². The van der Waals surface area contributed by atoms with Crippen molar-refractivity contribution >= 4 is 60.4 Å². The minimum Gasteiger partial charge on any atom is -0.380 e. The molecule has 1 saturated heterocycles. The number of thiophene rings is 1. The van der Waals surface area contributed by atoms with E-state index in [-0.39, 0.29) is 22.6 Å². The van der Waals surface area contributed by atoms with Crippen molar-refractivity contribution in [2.24, 2.45) is 10.9 Å². The summed E-state index contributed by atoms with van der Waals surface area (Å²) in [4.78, 5) is 29.6. The van der Waals surface area contributed by atoms with E-state index in [4.69, 9.17) is 4.74 Å². The van der Waals surface area contributed by atoms with Gasteiger partial charge in [0.05, 0.1) is 22.7 Å². The molecule has 3 heterocycles. The first kappa shape index (κ1) is 25.7. The Bertz CT molecular complexity index is 1380. The summed E-state index contributed by atoms with van der Waals surface area (Å²) in [6, 6.07) is 8.86. The molecule has 2 aromatic heterocycles. The van der Waals surface area contributed by atoms with Gasteiger partial charge in [-0.25, -0.2) is 8.42 Å². The molecule has 0 bridgehead atoms. The Kier molecular flexibility index (Phi) is 8.17. The van der Waals surface area contributed by atoms with Gasteiger partial charge in [-0.05, 0) is 49.4 Å². The molecular weight excluding hydrogens is 508 g/mol. The second-order valence-electron chi connectivity index (χ2n) is 8.18. The zero-order chi connectivity index (χ0) is 25.0. The predicted octanol–water partition coefficient (Wildman–Crippen LogP) is 3.29. The van der Waals surface area contributed by atoms with Crippen LogP contribution in [-0.4, -0.2) is 55.4 Å². The van der Waals surface area contributed by atoms with Crippen molar-refractivity contribution in [2.45, 2.75) is 37.4 Å². The first-order chi connectivity index (χ1) is 16.8. The van der Waals surface area contributed by atoms with E-state index in [2.05, 4.69) is 10.3 Å². The van der Waals surface area contributed by atoms with Crippen LogP contribution in [0, 0.1) is 5.92 Å². The monoisotopic (exact) mass is 536 g/mol. The molecule has 1 aliphatic heterocycles. The summed E-state index contributed by atoms with van der Waals surface area (Å²) in [5, 5.41) is 4.51. The highest BCUT2D eigenvalue weighted by atomic mass is 32.2. The number of rotatable bonds is 8. The van der Waals surface area contributed by atoms with Gasteiger partial charge in [0.15, 0.2) is 4.80 Å². The van der Waals surface area contributed by atoms with Crippen LogP contribution in [0.3, 0.4) is 0 Å². The molecule has 3 aromatic rings. The molecule has 0 saturated carbocycles. The van der Waals surface area contributed by atoms with Crippen LogP contribution in [0.2, 0.25) is 0 Å². The molecular formula is C23H28N4O5S3. The lowest BCUT2D eigenvalue weighted by Crippen LogP contribution is -2.42. The third-order valence-electron chi connectivity index (χ3n) is 5.69. The van der Waals surface area contributed by atoms with Gasteiger partial charge in [-0.15, -0.1) is 11.3 Å². The van der Waals surface area contributed by atoms with Crippen molar-refractivity contribution in [3.8, 4) is 0 Å².